The Labute approximate surface area is 171 Å². The average molecular weight is 395 g/mol. The van der Waals surface area contributed by atoms with Crippen LogP contribution in [0.2, 0.25) is 0 Å². The fourth-order valence-corrected chi connectivity index (χ4v) is 3.49. The summed E-state index contributed by atoms with van der Waals surface area (Å²) in [4.78, 5) is 33.2. The highest BCUT2D eigenvalue weighted by atomic mass is 16.2. The van der Waals surface area contributed by atoms with Gasteiger partial charge in [0.1, 0.15) is 5.82 Å². The van der Waals surface area contributed by atoms with Crippen LogP contribution < -0.4 is 10.9 Å². The van der Waals surface area contributed by atoms with Gasteiger partial charge in [0.15, 0.2) is 5.69 Å². The van der Waals surface area contributed by atoms with Gasteiger partial charge in [0.25, 0.3) is 11.5 Å². The van der Waals surface area contributed by atoms with Gasteiger partial charge in [-0.1, -0.05) is 42.5 Å². The van der Waals surface area contributed by atoms with E-state index >= 15 is 0 Å². The number of carbonyl (C=O) groups is 1. The van der Waals surface area contributed by atoms with E-state index < -0.39 is 0 Å². The van der Waals surface area contributed by atoms with E-state index in [4.69, 9.17) is 0 Å². The second-order valence-electron chi connectivity index (χ2n) is 6.96. The predicted molar refractivity (Wildman–Crippen MR) is 116 cm³/mol. The highest BCUT2D eigenvalue weighted by Gasteiger charge is 2.16. The van der Waals surface area contributed by atoms with Crippen LogP contribution in [0.1, 0.15) is 10.5 Å². The zero-order valence-electron chi connectivity index (χ0n) is 16.1. The van der Waals surface area contributed by atoms with E-state index in [2.05, 4.69) is 20.4 Å². The SMILES string of the molecule is Cn1nc(C(=O)Nc2cccc(-c3nc4ccccc4[nH]3)c2)c2ccccc2c1=O. The Morgan fingerprint density at radius 3 is 2.57 bits per heavy atom. The Hall–Kier alpha value is -4.26. The highest BCUT2D eigenvalue weighted by molar-refractivity contribution is 6.11. The van der Waals surface area contributed by atoms with Gasteiger partial charge in [0, 0.05) is 23.7 Å². The number of H-pyrrole nitrogens is 1. The molecule has 0 fully saturated rings. The number of aryl methyl sites for hydroxylation is 1. The number of hydrogen-bond donors (Lipinski definition) is 2. The smallest absolute Gasteiger partial charge is 0.276 e. The average Bonchev–Trinajstić information content (AvgIpc) is 3.21. The maximum absolute atomic E-state index is 13.0. The number of anilines is 1. The summed E-state index contributed by atoms with van der Waals surface area (Å²) in [5, 5.41) is 8.04. The maximum Gasteiger partial charge on any atom is 0.276 e. The standard InChI is InChI=1S/C23H17N5O2/c1-28-23(30)17-10-3-2-9-16(17)20(27-28)22(29)24-15-8-6-7-14(13-15)21-25-18-11-4-5-12-19(18)26-21/h2-13H,1H3,(H,24,29)(H,25,26). The normalized spacial score (nSPS) is 11.1. The molecule has 0 unspecified atom stereocenters. The van der Waals surface area contributed by atoms with Crippen molar-refractivity contribution >= 4 is 33.4 Å². The number of nitrogens with one attached hydrogen (secondary N) is 2. The third-order valence-electron chi connectivity index (χ3n) is 4.95. The van der Waals surface area contributed by atoms with Gasteiger partial charge in [-0.15, -0.1) is 0 Å². The maximum atomic E-state index is 13.0. The Bertz CT molecular complexity index is 1450. The second-order valence-corrected chi connectivity index (χ2v) is 6.96. The topological polar surface area (TPSA) is 92.7 Å². The van der Waals surface area contributed by atoms with E-state index in [1.54, 1.807) is 30.3 Å². The zero-order chi connectivity index (χ0) is 20.7. The molecular weight excluding hydrogens is 378 g/mol. The van der Waals surface area contributed by atoms with Crippen molar-refractivity contribution in [2.24, 2.45) is 7.05 Å². The van der Waals surface area contributed by atoms with E-state index in [9.17, 15) is 9.59 Å². The van der Waals surface area contributed by atoms with Crippen LogP contribution in [-0.4, -0.2) is 25.7 Å². The fourth-order valence-electron chi connectivity index (χ4n) is 3.49. The number of rotatable bonds is 3. The van der Waals surface area contributed by atoms with E-state index in [-0.39, 0.29) is 17.2 Å². The summed E-state index contributed by atoms with van der Waals surface area (Å²) < 4.78 is 1.18. The van der Waals surface area contributed by atoms with E-state index in [0.29, 0.717) is 16.5 Å². The first-order valence-electron chi connectivity index (χ1n) is 9.43. The minimum absolute atomic E-state index is 0.196. The molecule has 0 aliphatic carbocycles. The van der Waals surface area contributed by atoms with Gasteiger partial charge in [0.05, 0.1) is 16.4 Å². The van der Waals surface area contributed by atoms with E-state index in [1.165, 1.54) is 11.7 Å². The number of hydrogen-bond acceptors (Lipinski definition) is 4. The number of imidazole rings is 1. The molecule has 2 aromatic heterocycles. The van der Waals surface area contributed by atoms with Gasteiger partial charge < -0.3 is 10.3 Å². The molecule has 0 atom stereocenters. The van der Waals surface area contributed by atoms with Crippen molar-refractivity contribution in [3.05, 3.63) is 88.8 Å². The largest absolute Gasteiger partial charge is 0.338 e. The number of aromatic amines is 1. The van der Waals surface area contributed by atoms with Gasteiger partial charge >= 0.3 is 0 Å². The van der Waals surface area contributed by atoms with Crippen LogP contribution in [0.3, 0.4) is 0 Å². The van der Waals surface area contributed by atoms with Crippen LogP contribution in [0.4, 0.5) is 5.69 Å². The van der Waals surface area contributed by atoms with Crippen LogP contribution in [0.25, 0.3) is 33.2 Å². The van der Waals surface area contributed by atoms with Crippen LogP contribution in [0.15, 0.2) is 77.6 Å². The molecular formula is C23H17N5O2. The lowest BCUT2D eigenvalue weighted by atomic mass is 10.1. The van der Waals surface area contributed by atoms with Crippen molar-refractivity contribution in [1.29, 1.82) is 0 Å². The van der Waals surface area contributed by atoms with Gasteiger partial charge in [0.2, 0.25) is 0 Å². The van der Waals surface area contributed by atoms with Crippen molar-refractivity contribution < 1.29 is 4.79 Å². The molecule has 7 nitrogen and oxygen atoms in total. The minimum atomic E-state index is -0.386. The first-order chi connectivity index (χ1) is 14.6. The summed E-state index contributed by atoms with van der Waals surface area (Å²) in [6.07, 6.45) is 0. The van der Waals surface area contributed by atoms with Gasteiger partial charge in [-0.25, -0.2) is 9.67 Å². The first kappa shape index (κ1) is 17.8. The molecule has 0 bridgehead atoms. The number of carbonyl (C=O) groups excluding carboxylic acids is 1. The molecule has 7 heteroatoms. The summed E-state index contributed by atoms with van der Waals surface area (Å²) in [5.41, 5.74) is 3.24. The number of fused-ring (bicyclic) bond motifs is 2. The van der Waals surface area contributed by atoms with Crippen LogP contribution in [-0.2, 0) is 7.05 Å². The number of nitrogens with zero attached hydrogens (tertiary/aromatic N) is 3. The Kier molecular flexibility index (Phi) is 4.14. The van der Waals surface area contributed by atoms with Gasteiger partial charge in [-0.05, 0) is 30.3 Å². The molecule has 2 heterocycles. The quantitative estimate of drug-likeness (QED) is 0.487. The van der Waals surface area contributed by atoms with Crippen LogP contribution >= 0.6 is 0 Å². The molecule has 5 aromatic rings. The molecule has 0 aliphatic heterocycles. The molecule has 1 amide bonds. The Morgan fingerprint density at radius 2 is 1.73 bits per heavy atom. The van der Waals surface area contributed by atoms with Crippen molar-refractivity contribution in [3.63, 3.8) is 0 Å². The third kappa shape index (κ3) is 3.02. The second kappa shape index (κ2) is 6.97. The first-order valence-corrected chi connectivity index (χ1v) is 9.43. The van der Waals surface area contributed by atoms with Gasteiger partial charge in [-0.3, -0.25) is 9.59 Å². The predicted octanol–water partition coefficient (Wildman–Crippen LogP) is 3.73. The number of para-hydroxylation sites is 2. The van der Waals surface area contributed by atoms with E-state index in [0.717, 1.165) is 22.4 Å². The minimum Gasteiger partial charge on any atom is -0.338 e. The van der Waals surface area contributed by atoms with Crippen molar-refractivity contribution in [2.45, 2.75) is 0 Å². The molecule has 2 N–H and O–H groups in total. The number of benzene rings is 3. The van der Waals surface area contributed by atoms with Gasteiger partial charge in [-0.2, -0.15) is 5.10 Å². The summed E-state index contributed by atoms with van der Waals surface area (Å²) >= 11 is 0. The summed E-state index contributed by atoms with van der Waals surface area (Å²) in [7, 11) is 1.54. The number of amides is 1. The molecule has 0 saturated heterocycles. The van der Waals surface area contributed by atoms with Crippen LogP contribution in [0.5, 0.6) is 0 Å². The van der Waals surface area contributed by atoms with Crippen molar-refractivity contribution in [1.82, 2.24) is 19.7 Å². The lowest BCUT2D eigenvalue weighted by molar-refractivity contribution is 0.102. The molecule has 0 saturated carbocycles. The molecule has 0 radical (unpaired) electrons. The fraction of sp³-hybridized carbons (Fsp3) is 0.0435. The number of aromatic nitrogens is 4. The lowest BCUT2D eigenvalue weighted by Gasteiger charge is -2.09. The molecule has 5 rings (SSSR count). The van der Waals surface area contributed by atoms with Crippen LogP contribution in [0, 0.1) is 0 Å². The zero-order valence-corrected chi connectivity index (χ0v) is 16.1. The lowest BCUT2D eigenvalue weighted by Crippen LogP contribution is -2.25. The molecule has 30 heavy (non-hydrogen) atoms. The summed E-state index contributed by atoms with van der Waals surface area (Å²) in [6.45, 7) is 0. The summed E-state index contributed by atoms with van der Waals surface area (Å²) in [6, 6.07) is 22.2. The van der Waals surface area contributed by atoms with Crippen molar-refractivity contribution in [2.75, 3.05) is 5.32 Å². The Morgan fingerprint density at radius 1 is 0.967 bits per heavy atom. The summed E-state index contributed by atoms with van der Waals surface area (Å²) in [5.74, 6) is 0.335. The van der Waals surface area contributed by atoms with Crippen molar-refractivity contribution in [3.8, 4) is 11.4 Å². The third-order valence-corrected chi connectivity index (χ3v) is 4.95. The Balaban J connectivity index is 1.50. The molecule has 3 aromatic carbocycles. The monoisotopic (exact) mass is 395 g/mol. The molecule has 0 spiro atoms. The molecule has 146 valence electrons. The highest BCUT2D eigenvalue weighted by Crippen LogP contribution is 2.23. The molecule has 0 aliphatic rings. The van der Waals surface area contributed by atoms with E-state index in [1.807, 2.05) is 42.5 Å².